The molecule has 5 rings (SSSR count). The van der Waals surface area contributed by atoms with Gasteiger partial charge in [0.1, 0.15) is 6.04 Å². The van der Waals surface area contributed by atoms with Gasteiger partial charge in [-0.05, 0) is 86.5 Å². The molecule has 182 valence electrons. The summed E-state index contributed by atoms with van der Waals surface area (Å²) in [5, 5.41) is 13.0. The molecule has 2 aromatic carbocycles. The summed E-state index contributed by atoms with van der Waals surface area (Å²) < 4.78 is 27.6. The van der Waals surface area contributed by atoms with E-state index < -0.39 is 21.8 Å². The fourth-order valence-electron chi connectivity index (χ4n) is 4.77. The zero-order chi connectivity index (χ0) is 24.7. The van der Waals surface area contributed by atoms with Crippen LogP contribution in [0.5, 0.6) is 0 Å². The molecule has 1 atom stereocenters. The van der Waals surface area contributed by atoms with Crippen LogP contribution in [-0.2, 0) is 15.7 Å². The molecule has 0 saturated carbocycles. The van der Waals surface area contributed by atoms with Gasteiger partial charge >= 0.3 is 0 Å². The van der Waals surface area contributed by atoms with E-state index in [2.05, 4.69) is 25.4 Å². The number of hydrogen-bond donors (Lipinski definition) is 1. The van der Waals surface area contributed by atoms with Crippen LogP contribution < -0.4 is 5.56 Å². The molecule has 35 heavy (non-hydrogen) atoms. The molecule has 1 N–H and O–H groups in total. The molecule has 1 saturated heterocycles. The van der Waals surface area contributed by atoms with Crippen LogP contribution in [0.15, 0.2) is 52.2 Å². The average Bonchev–Trinajstić information content (AvgIpc) is 3.51. The van der Waals surface area contributed by atoms with Gasteiger partial charge in [-0.25, -0.2) is 13.1 Å². The minimum Gasteiger partial charge on any atom is -0.321 e. The first-order chi connectivity index (χ1) is 16.7. The summed E-state index contributed by atoms with van der Waals surface area (Å²) in [6, 6.07) is 12.1. The smallest absolute Gasteiger partial charge is 0.253 e. The van der Waals surface area contributed by atoms with Crippen molar-refractivity contribution in [3.63, 3.8) is 0 Å². The Kier molecular flexibility index (Phi) is 6.02. The van der Waals surface area contributed by atoms with Crippen LogP contribution in [0.4, 0.5) is 0 Å². The Morgan fingerprint density at radius 1 is 1.00 bits per heavy atom. The summed E-state index contributed by atoms with van der Waals surface area (Å²) in [4.78, 5) is 18.8. The Morgan fingerprint density at radius 3 is 2.40 bits per heavy atom. The number of aromatic nitrogens is 5. The van der Waals surface area contributed by atoms with E-state index >= 15 is 0 Å². The second-order valence-electron chi connectivity index (χ2n) is 9.28. The van der Waals surface area contributed by atoms with Crippen molar-refractivity contribution in [1.82, 2.24) is 30.1 Å². The number of aryl methyl sites for hydroxylation is 3. The Bertz CT molecular complexity index is 1550. The Labute approximate surface area is 203 Å². The van der Waals surface area contributed by atoms with E-state index in [1.54, 1.807) is 24.3 Å². The van der Waals surface area contributed by atoms with E-state index in [0.717, 1.165) is 53.5 Å². The van der Waals surface area contributed by atoms with Gasteiger partial charge in [-0.2, -0.15) is 0 Å². The van der Waals surface area contributed by atoms with Gasteiger partial charge < -0.3 is 4.98 Å². The summed E-state index contributed by atoms with van der Waals surface area (Å²) in [6.07, 6.45) is 1.98. The van der Waals surface area contributed by atoms with Crippen molar-refractivity contribution in [2.45, 2.75) is 50.4 Å². The van der Waals surface area contributed by atoms with Gasteiger partial charge in [0.15, 0.2) is 21.5 Å². The van der Waals surface area contributed by atoms with Gasteiger partial charge in [-0.1, -0.05) is 29.8 Å². The number of hydrogen-bond acceptors (Lipinski definition) is 7. The summed E-state index contributed by atoms with van der Waals surface area (Å²) in [5.41, 5.74) is 4.10. The van der Waals surface area contributed by atoms with E-state index in [1.165, 1.54) is 4.68 Å². The molecule has 1 aliphatic heterocycles. The van der Waals surface area contributed by atoms with Gasteiger partial charge in [0.05, 0.1) is 10.4 Å². The first-order valence-electron chi connectivity index (χ1n) is 11.7. The lowest BCUT2D eigenvalue weighted by atomic mass is 10.00. The van der Waals surface area contributed by atoms with Crippen molar-refractivity contribution < 1.29 is 8.42 Å². The van der Waals surface area contributed by atoms with Crippen LogP contribution >= 0.6 is 0 Å². The number of nitrogens with one attached hydrogen (secondary N) is 1. The average molecular weight is 493 g/mol. The Hall–Kier alpha value is -3.37. The lowest BCUT2D eigenvalue weighted by molar-refractivity contribution is 0.264. The quantitative estimate of drug-likeness (QED) is 0.440. The van der Waals surface area contributed by atoms with Gasteiger partial charge in [0.25, 0.3) is 5.56 Å². The van der Waals surface area contributed by atoms with Crippen LogP contribution in [0.2, 0.25) is 0 Å². The van der Waals surface area contributed by atoms with Crippen LogP contribution in [0.1, 0.15) is 47.0 Å². The number of nitrogens with zero attached hydrogens (tertiary/aromatic N) is 5. The number of pyridine rings is 1. The third-order valence-electron chi connectivity index (χ3n) is 6.75. The Morgan fingerprint density at radius 2 is 1.69 bits per heavy atom. The van der Waals surface area contributed by atoms with E-state index in [-0.39, 0.29) is 10.5 Å². The van der Waals surface area contributed by atoms with E-state index in [1.807, 2.05) is 39.0 Å². The van der Waals surface area contributed by atoms with Crippen molar-refractivity contribution in [2.75, 3.05) is 13.1 Å². The van der Waals surface area contributed by atoms with E-state index in [4.69, 9.17) is 0 Å². The highest BCUT2D eigenvalue weighted by atomic mass is 32.2. The zero-order valence-electron chi connectivity index (χ0n) is 20.0. The van der Waals surface area contributed by atoms with Gasteiger partial charge in [0, 0.05) is 10.9 Å². The molecule has 0 aliphatic carbocycles. The maximum Gasteiger partial charge on any atom is 0.253 e. The number of H-pyrrole nitrogens is 1. The first-order valence-corrected chi connectivity index (χ1v) is 13.3. The molecule has 10 heteroatoms. The van der Waals surface area contributed by atoms with Crippen molar-refractivity contribution in [3.05, 3.63) is 80.9 Å². The standard InChI is InChI=1S/C25H28N6O3S/c1-16-6-10-19(11-7-16)35(33,34)15-31-24(27-28-29-31)23(30-12-4-5-13-30)21-14-20-17(2)8-9-18(3)22(20)26-25(21)32/h6-11,14,23H,4-5,12-13,15H2,1-3H3,(H,26,32)/t23-/m0/s1. The van der Waals surface area contributed by atoms with Crippen LogP contribution in [0.3, 0.4) is 0 Å². The maximum absolute atomic E-state index is 13.4. The molecular weight excluding hydrogens is 464 g/mol. The summed E-state index contributed by atoms with van der Waals surface area (Å²) in [5.74, 6) is -0.0652. The summed E-state index contributed by atoms with van der Waals surface area (Å²) >= 11 is 0. The van der Waals surface area contributed by atoms with E-state index in [0.29, 0.717) is 11.4 Å². The van der Waals surface area contributed by atoms with Crippen molar-refractivity contribution in [3.8, 4) is 0 Å². The SMILES string of the molecule is Cc1ccc(S(=O)(=O)Cn2nnnc2[C@H](c2cc3c(C)ccc(C)c3[nH]c2=O)N2CCCC2)cc1. The molecule has 3 heterocycles. The summed E-state index contributed by atoms with van der Waals surface area (Å²) in [7, 11) is -3.70. The monoisotopic (exact) mass is 492 g/mol. The first kappa shape index (κ1) is 23.4. The third-order valence-corrected chi connectivity index (χ3v) is 8.32. The largest absolute Gasteiger partial charge is 0.321 e. The van der Waals surface area contributed by atoms with Gasteiger partial charge in [0.2, 0.25) is 0 Å². The highest BCUT2D eigenvalue weighted by molar-refractivity contribution is 7.90. The molecule has 0 amide bonds. The minimum absolute atomic E-state index is 0.205. The lowest BCUT2D eigenvalue weighted by Crippen LogP contribution is -2.34. The fraction of sp³-hybridized carbons (Fsp3) is 0.360. The lowest BCUT2D eigenvalue weighted by Gasteiger charge is -2.26. The van der Waals surface area contributed by atoms with Crippen LogP contribution in [0, 0.1) is 20.8 Å². The van der Waals surface area contributed by atoms with Crippen molar-refractivity contribution in [1.29, 1.82) is 0 Å². The minimum atomic E-state index is -3.70. The summed E-state index contributed by atoms with van der Waals surface area (Å²) in [6.45, 7) is 7.42. The number of tetrazole rings is 1. The molecule has 9 nitrogen and oxygen atoms in total. The second kappa shape index (κ2) is 9.01. The molecule has 0 unspecified atom stereocenters. The fourth-order valence-corrected chi connectivity index (χ4v) is 5.98. The van der Waals surface area contributed by atoms with Gasteiger partial charge in [-0.15, -0.1) is 5.10 Å². The molecule has 2 aromatic heterocycles. The predicted molar refractivity (Wildman–Crippen MR) is 133 cm³/mol. The van der Waals surface area contributed by atoms with Crippen LogP contribution in [-0.4, -0.2) is 51.6 Å². The number of fused-ring (bicyclic) bond motifs is 1. The third kappa shape index (κ3) is 4.39. The van der Waals surface area contributed by atoms with Gasteiger partial charge in [-0.3, -0.25) is 9.69 Å². The molecule has 1 aliphatic rings. The predicted octanol–water partition coefficient (Wildman–Crippen LogP) is 3.06. The normalized spacial score (nSPS) is 15.6. The van der Waals surface area contributed by atoms with Crippen molar-refractivity contribution in [2.24, 2.45) is 0 Å². The van der Waals surface area contributed by atoms with E-state index in [9.17, 15) is 13.2 Å². The molecule has 4 aromatic rings. The topological polar surface area (TPSA) is 114 Å². The number of likely N-dealkylation sites (tertiary alicyclic amines) is 1. The molecule has 0 radical (unpaired) electrons. The molecular formula is C25H28N6O3S. The molecule has 0 bridgehead atoms. The number of benzene rings is 2. The number of rotatable bonds is 6. The molecule has 1 fully saturated rings. The van der Waals surface area contributed by atoms with Crippen molar-refractivity contribution >= 4 is 20.7 Å². The highest BCUT2D eigenvalue weighted by Crippen LogP contribution is 2.31. The number of sulfone groups is 1. The zero-order valence-corrected chi connectivity index (χ0v) is 20.8. The highest BCUT2D eigenvalue weighted by Gasteiger charge is 2.33. The molecule has 0 spiro atoms. The number of aromatic amines is 1. The second-order valence-corrected chi connectivity index (χ2v) is 11.2. The maximum atomic E-state index is 13.4. The van der Waals surface area contributed by atoms with Crippen LogP contribution in [0.25, 0.3) is 10.9 Å². The Balaban J connectivity index is 1.62.